The molecule has 0 aliphatic carbocycles. The summed E-state index contributed by atoms with van der Waals surface area (Å²) >= 11 is 1.09. The van der Waals surface area contributed by atoms with Gasteiger partial charge in [0, 0.05) is 11.1 Å². The fourth-order valence-electron chi connectivity index (χ4n) is 2.54. The number of carbonyl (C=O) groups excluding carboxylic acids is 2. The van der Waals surface area contributed by atoms with Crippen LogP contribution in [0.15, 0.2) is 54.6 Å². The third kappa shape index (κ3) is 4.55. The minimum Gasteiger partial charge on any atom is -0.494 e. The van der Waals surface area contributed by atoms with Gasteiger partial charge in [-0.3, -0.25) is 10.1 Å². The maximum absolute atomic E-state index is 12.5. The van der Waals surface area contributed by atoms with Crippen LogP contribution < -0.4 is 10.1 Å². The summed E-state index contributed by atoms with van der Waals surface area (Å²) in [5.41, 5.74) is 1.74. The molecule has 0 saturated heterocycles. The number of esters is 1. The molecule has 2 aromatic carbocycles. The van der Waals surface area contributed by atoms with Crippen molar-refractivity contribution in [2.45, 2.75) is 13.8 Å². The Kier molecular flexibility index (Phi) is 6.39. The molecular weight excluding hydrogens is 376 g/mol. The van der Waals surface area contributed by atoms with Crippen molar-refractivity contribution in [3.63, 3.8) is 0 Å². The number of nitrogens with zero attached hydrogens (tertiary/aromatic N) is 1. The SMILES string of the molecule is CCOC(=O)c1sc(NC(=O)c2ccc(OCC)cc2)nc1-c1ccccc1. The van der Waals surface area contributed by atoms with E-state index in [4.69, 9.17) is 9.47 Å². The Bertz CT molecular complexity index is 952. The van der Waals surface area contributed by atoms with E-state index in [-0.39, 0.29) is 12.5 Å². The number of thiazole rings is 1. The van der Waals surface area contributed by atoms with Gasteiger partial charge >= 0.3 is 5.97 Å². The second-order valence-corrected chi connectivity index (χ2v) is 6.69. The first-order valence-corrected chi connectivity index (χ1v) is 9.71. The van der Waals surface area contributed by atoms with Gasteiger partial charge in [-0.15, -0.1) is 0 Å². The van der Waals surface area contributed by atoms with E-state index in [1.807, 2.05) is 37.3 Å². The van der Waals surface area contributed by atoms with Gasteiger partial charge in [-0.25, -0.2) is 9.78 Å². The van der Waals surface area contributed by atoms with Gasteiger partial charge in [0.25, 0.3) is 5.91 Å². The molecule has 6 nitrogen and oxygen atoms in total. The number of carbonyl (C=O) groups is 2. The van der Waals surface area contributed by atoms with Gasteiger partial charge in [-0.05, 0) is 38.1 Å². The van der Waals surface area contributed by atoms with Crippen LogP contribution in [0.1, 0.15) is 33.9 Å². The van der Waals surface area contributed by atoms with Crippen molar-refractivity contribution in [2.75, 3.05) is 18.5 Å². The van der Waals surface area contributed by atoms with Crippen LogP contribution in [0.4, 0.5) is 5.13 Å². The minimum absolute atomic E-state index is 0.263. The number of benzene rings is 2. The normalized spacial score (nSPS) is 10.4. The fraction of sp³-hybridized carbons (Fsp3) is 0.190. The molecule has 1 aromatic heterocycles. The molecule has 0 aliphatic rings. The van der Waals surface area contributed by atoms with Crippen LogP contribution >= 0.6 is 11.3 Å². The monoisotopic (exact) mass is 396 g/mol. The molecule has 0 fully saturated rings. The second kappa shape index (κ2) is 9.14. The number of aromatic nitrogens is 1. The first-order chi connectivity index (χ1) is 13.6. The van der Waals surface area contributed by atoms with Gasteiger partial charge in [-0.1, -0.05) is 41.7 Å². The van der Waals surface area contributed by atoms with Gasteiger partial charge in [0.15, 0.2) is 5.13 Å². The van der Waals surface area contributed by atoms with E-state index in [1.165, 1.54) is 0 Å². The van der Waals surface area contributed by atoms with Crippen molar-refractivity contribution >= 4 is 28.3 Å². The van der Waals surface area contributed by atoms with Gasteiger partial charge in [0.2, 0.25) is 0 Å². The van der Waals surface area contributed by atoms with Gasteiger partial charge in [0.05, 0.1) is 18.9 Å². The summed E-state index contributed by atoms with van der Waals surface area (Å²) in [7, 11) is 0. The maximum atomic E-state index is 12.5. The molecule has 0 spiro atoms. The van der Waals surface area contributed by atoms with Gasteiger partial charge in [-0.2, -0.15) is 0 Å². The lowest BCUT2D eigenvalue weighted by Crippen LogP contribution is -2.11. The van der Waals surface area contributed by atoms with Crippen molar-refractivity contribution in [1.29, 1.82) is 0 Å². The van der Waals surface area contributed by atoms with Crippen molar-refractivity contribution < 1.29 is 19.1 Å². The quantitative estimate of drug-likeness (QED) is 0.589. The number of amides is 1. The first-order valence-electron chi connectivity index (χ1n) is 8.90. The summed E-state index contributed by atoms with van der Waals surface area (Å²) in [6, 6.07) is 16.2. The number of hydrogen-bond acceptors (Lipinski definition) is 6. The summed E-state index contributed by atoms with van der Waals surface area (Å²) < 4.78 is 10.5. The van der Waals surface area contributed by atoms with Gasteiger partial charge in [0.1, 0.15) is 10.6 Å². The molecule has 1 amide bonds. The number of rotatable bonds is 7. The highest BCUT2D eigenvalue weighted by atomic mass is 32.1. The van der Waals surface area contributed by atoms with E-state index in [0.29, 0.717) is 33.6 Å². The molecule has 3 rings (SSSR count). The van der Waals surface area contributed by atoms with Crippen LogP contribution in [0.2, 0.25) is 0 Å². The molecule has 0 unspecified atom stereocenters. The number of anilines is 1. The number of ether oxygens (including phenoxy) is 2. The first kappa shape index (κ1) is 19.6. The highest BCUT2D eigenvalue weighted by Gasteiger charge is 2.21. The Morgan fingerprint density at radius 1 is 1.00 bits per heavy atom. The molecule has 7 heteroatoms. The third-order valence-electron chi connectivity index (χ3n) is 3.78. The lowest BCUT2D eigenvalue weighted by molar-refractivity contribution is 0.0532. The Morgan fingerprint density at radius 2 is 1.71 bits per heavy atom. The zero-order chi connectivity index (χ0) is 19.9. The zero-order valence-corrected chi connectivity index (χ0v) is 16.4. The summed E-state index contributed by atoms with van der Waals surface area (Å²) in [5, 5.41) is 3.09. The Hall–Kier alpha value is -3.19. The van der Waals surface area contributed by atoms with E-state index in [9.17, 15) is 9.59 Å². The summed E-state index contributed by atoms with van der Waals surface area (Å²) in [5.74, 6) is -0.0727. The minimum atomic E-state index is -0.458. The Labute approximate surface area is 167 Å². The highest BCUT2D eigenvalue weighted by molar-refractivity contribution is 7.18. The largest absolute Gasteiger partial charge is 0.494 e. The summed E-state index contributed by atoms with van der Waals surface area (Å²) in [6.07, 6.45) is 0. The third-order valence-corrected chi connectivity index (χ3v) is 4.73. The predicted octanol–water partition coefficient (Wildman–Crippen LogP) is 4.64. The molecule has 0 aliphatic heterocycles. The van der Waals surface area contributed by atoms with Crippen LogP contribution in [0.3, 0.4) is 0 Å². The van der Waals surface area contributed by atoms with E-state index in [1.54, 1.807) is 31.2 Å². The molecule has 0 bridgehead atoms. The van der Waals surface area contributed by atoms with Gasteiger partial charge < -0.3 is 9.47 Å². The van der Waals surface area contributed by atoms with Crippen LogP contribution in [0.5, 0.6) is 5.75 Å². The van der Waals surface area contributed by atoms with E-state index in [2.05, 4.69) is 10.3 Å². The molecule has 1 N–H and O–H groups in total. The van der Waals surface area contributed by atoms with Crippen LogP contribution in [0, 0.1) is 0 Å². The van der Waals surface area contributed by atoms with Crippen molar-refractivity contribution in [2.24, 2.45) is 0 Å². The van der Waals surface area contributed by atoms with Crippen molar-refractivity contribution in [3.8, 4) is 17.0 Å². The topological polar surface area (TPSA) is 77.5 Å². The standard InChI is InChI=1S/C21H20N2O4S/c1-3-26-16-12-10-15(11-13-16)19(24)23-21-22-17(14-8-6-5-7-9-14)18(28-21)20(25)27-4-2/h5-13H,3-4H2,1-2H3,(H,22,23,24). The smallest absolute Gasteiger partial charge is 0.350 e. The predicted molar refractivity (Wildman–Crippen MR) is 109 cm³/mol. The van der Waals surface area contributed by atoms with Crippen LogP contribution in [-0.2, 0) is 4.74 Å². The number of hydrogen-bond donors (Lipinski definition) is 1. The average Bonchev–Trinajstić information content (AvgIpc) is 3.13. The second-order valence-electron chi connectivity index (χ2n) is 5.69. The van der Waals surface area contributed by atoms with E-state index in [0.717, 1.165) is 16.9 Å². The molecule has 0 saturated carbocycles. The van der Waals surface area contributed by atoms with E-state index >= 15 is 0 Å². The van der Waals surface area contributed by atoms with Crippen molar-refractivity contribution in [1.82, 2.24) is 4.98 Å². The molecule has 28 heavy (non-hydrogen) atoms. The van der Waals surface area contributed by atoms with E-state index < -0.39 is 5.97 Å². The van der Waals surface area contributed by atoms with Crippen molar-refractivity contribution in [3.05, 3.63) is 65.0 Å². The van der Waals surface area contributed by atoms with Crippen LogP contribution in [0.25, 0.3) is 11.3 Å². The molecule has 144 valence electrons. The lowest BCUT2D eigenvalue weighted by Gasteiger charge is -2.04. The average molecular weight is 396 g/mol. The molecule has 0 radical (unpaired) electrons. The summed E-state index contributed by atoms with van der Waals surface area (Å²) in [6.45, 7) is 4.46. The Morgan fingerprint density at radius 3 is 2.36 bits per heavy atom. The zero-order valence-electron chi connectivity index (χ0n) is 15.6. The lowest BCUT2D eigenvalue weighted by atomic mass is 10.1. The maximum Gasteiger partial charge on any atom is 0.350 e. The number of nitrogens with one attached hydrogen (secondary N) is 1. The fourth-order valence-corrected chi connectivity index (χ4v) is 3.42. The summed E-state index contributed by atoms with van der Waals surface area (Å²) in [4.78, 5) is 29.7. The Balaban J connectivity index is 1.85. The molecule has 3 aromatic rings. The highest BCUT2D eigenvalue weighted by Crippen LogP contribution is 2.32. The molecular formula is C21H20N2O4S. The molecule has 0 atom stereocenters. The molecule has 1 heterocycles. The van der Waals surface area contributed by atoms with Crippen LogP contribution in [-0.4, -0.2) is 30.1 Å².